The summed E-state index contributed by atoms with van der Waals surface area (Å²) in [5.74, 6) is -0.786. The Hall–Kier alpha value is -1.77. The smallest absolute Gasteiger partial charge is 0.356 e. The van der Waals surface area contributed by atoms with Gasteiger partial charge in [-0.25, -0.2) is 4.98 Å². The van der Waals surface area contributed by atoms with Gasteiger partial charge >= 0.3 is 6.18 Å². The van der Waals surface area contributed by atoms with Crippen molar-refractivity contribution in [2.24, 2.45) is 5.92 Å². The molecule has 0 aliphatic carbocycles. The standard InChI is InChI=1S/C12H12F3N3/c13-12(14,15)10-2-1-5-18(8-10)11-4-3-9(6-16)7-17-11/h3-4,7,10H,1-2,5,8H2. The fraction of sp³-hybridized carbons (Fsp3) is 0.500. The number of halogens is 3. The van der Waals surface area contributed by atoms with E-state index in [1.165, 1.54) is 6.20 Å². The molecule has 3 nitrogen and oxygen atoms in total. The summed E-state index contributed by atoms with van der Waals surface area (Å²) in [4.78, 5) is 5.65. The van der Waals surface area contributed by atoms with Crippen LogP contribution in [0.2, 0.25) is 0 Å². The summed E-state index contributed by atoms with van der Waals surface area (Å²) in [5.41, 5.74) is 0.406. The Labute approximate surface area is 103 Å². The van der Waals surface area contributed by atoms with E-state index in [-0.39, 0.29) is 13.0 Å². The minimum atomic E-state index is -4.15. The van der Waals surface area contributed by atoms with E-state index in [0.717, 1.165) is 0 Å². The Bertz CT molecular complexity index is 447. The van der Waals surface area contributed by atoms with Gasteiger partial charge in [0.1, 0.15) is 11.9 Å². The normalized spacial score (nSPS) is 20.6. The third-order valence-corrected chi connectivity index (χ3v) is 3.09. The molecule has 0 aromatic carbocycles. The van der Waals surface area contributed by atoms with E-state index < -0.39 is 12.1 Å². The summed E-state index contributed by atoms with van der Waals surface area (Å²) < 4.78 is 38.0. The van der Waals surface area contributed by atoms with Crippen LogP contribution in [-0.4, -0.2) is 24.2 Å². The van der Waals surface area contributed by atoms with Gasteiger partial charge in [-0.2, -0.15) is 18.4 Å². The highest BCUT2D eigenvalue weighted by Crippen LogP contribution is 2.34. The van der Waals surface area contributed by atoms with E-state index in [1.54, 1.807) is 17.0 Å². The highest BCUT2D eigenvalue weighted by molar-refractivity contribution is 5.42. The topological polar surface area (TPSA) is 39.9 Å². The Morgan fingerprint density at radius 3 is 2.72 bits per heavy atom. The van der Waals surface area contributed by atoms with Gasteiger partial charge in [-0.1, -0.05) is 0 Å². The van der Waals surface area contributed by atoms with Crippen LogP contribution >= 0.6 is 0 Å². The first-order valence-corrected chi connectivity index (χ1v) is 5.68. The average Bonchev–Trinajstić information content (AvgIpc) is 2.38. The maximum atomic E-state index is 12.7. The minimum absolute atomic E-state index is 0.0532. The maximum absolute atomic E-state index is 12.7. The molecule has 1 atom stereocenters. The van der Waals surface area contributed by atoms with Gasteiger partial charge in [-0.3, -0.25) is 0 Å². The molecule has 1 aromatic rings. The Morgan fingerprint density at radius 2 is 2.17 bits per heavy atom. The number of rotatable bonds is 1. The van der Waals surface area contributed by atoms with Crippen molar-refractivity contribution in [3.05, 3.63) is 23.9 Å². The van der Waals surface area contributed by atoms with Crippen LogP contribution in [-0.2, 0) is 0 Å². The fourth-order valence-corrected chi connectivity index (χ4v) is 2.09. The minimum Gasteiger partial charge on any atom is -0.356 e. The van der Waals surface area contributed by atoms with Gasteiger partial charge in [0.25, 0.3) is 0 Å². The van der Waals surface area contributed by atoms with Crippen molar-refractivity contribution in [2.45, 2.75) is 19.0 Å². The molecule has 1 unspecified atom stereocenters. The van der Waals surface area contributed by atoms with Crippen LogP contribution in [0.3, 0.4) is 0 Å². The number of hydrogen-bond acceptors (Lipinski definition) is 3. The van der Waals surface area contributed by atoms with Crippen molar-refractivity contribution in [1.29, 1.82) is 5.26 Å². The number of nitrogens with zero attached hydrogens (tertiary/aromatic N) is 3. The molecule has 0 amide bonds. The third kappa shape index (κ3) is 2.73. The zero-order valence-electron chi connectivity index (χ0n) is 9.61. The van der Waals surface area contributed by atoms with Crippen LogP contribution in [0.1, 0.15) is 18.4 Å². The summed E-state index contributed by atoms with van der Waals surface area (Å²) >= 11 is 0. The van der Waals surface area contributed by atoms with Crippen LogP contribution < -0.4 is 4.90 Å². The van der Waals surface area contributed by atoms with Crippen molar-refractivity contribution in [3.63, 3.8) is 0 Å². The maximum Gasteiger partial charge on any atom is 0.393 e. The van der Waals surface area contributed by atoms with E-state index in [0.29, 0.717) is 24.3 Å². The number of pyridine rings is 1. The molecule has 96 valence electrons. The highest BCUT2D eigenvalue weighted by Gasteiger charge is 2.41. The predicted molar refractivity (Wildman–Crippen MR) is 59.9 cm³/mol. The number of nitriles is 1. The lowest BCUT2D eigenvalue weighted by Crippen LogP contribution is -2.42. The van der Waals surface area contributed by atoms with E-state index >= 15 is 0 Å². The van der Waals surface area contributed by atoms with Gasteiger partial charge in [0.15, 0.2) is 0 Å². The molecule has 0 radical (unpaired) electrons. The summed E-state index contributed by atoms with van der Waals surface area (Å²) in [6.45, 7) is 0.522. The average molecular weight is 255 g/mol. The van der Waals surface area contributed by atoms with E-state index in [1.807, 2.05) is 6.07 Å². The first-order valence-electron chi connectivity index (χ1n) is 5.68. The molecule has 1 saturated heterocycles. The zero-order chi connectivity index (χ0) is 13.2. The lowest BCUT2D eigenvalue weighted by Gasteiger charge is -2.34. The van der Waals surface area contributed by atoms with Crippen LogP contribution in [0.15, 0.2) is 18.3 Å². The first-order chi connectivity index (χ1) is 8.50. The molecule has 0 N–H and O–H groups in total. The lowest BCUT2D eigenvalue weighted by molar-refractivity contribution is -0.176. The van der Waals surface area contributed by atoms with Crippen molar-refractivity contribution in [2.75, 3.05) is 18.0 Å². The Kier molecular flexibility index (Phi) is 3.41. The molecule has 0 spiro atoms. The largest absolute Gasteiger partial charge is 0.393 e. The van der Waals surface area contributed by atoms with Gasteiger partial charge in [0.05, 0.1) is 11.5 Å². The second kappa shape index (κ2) is 4.84. The fourth-order valence-electron chi connectivity index (χ4n) is 2.09. The van der Waals surface area contributed by atoms with Gasteiger partial charge < -0.3 is 4.90 Å². The SMILES string of the molecule is N#Cc1ccc(N2CCCC(C(F)(F)F)C2)nc1. The molecule has 2 rings (SSSR count). The van der Waals surface area contributed by atoms with Gasteiger partial charge in [-0.15, -0.1) is 0 Å². The molecule has 1 fully saturated rings. The highest BCUT2D eigenvalue weighted by atomic mass is 19.4. The lowest BCUT2D eigenvalue weighted by atomic mass is 9.97. The van der Waals surface area contributed by atoms with Gasteiger partial charge in [0, 0.05) is 19.3 Å². The summed E-state index contributed by atoms with van der Waals surface area (Å²) in [7, 11) is 0. The van der Waals surface area contributed by atoms with Crippen LogP contribution in [0.4, 0.5) is 19.0 Å². The summed E-state index contributed by atoms with van der Waals surface area (Å²) in [6.07, 6.45) is -2.08. The summed E-state index contributed by atoms with van der Waals surface area (Å²) in [5, 5.41) is 8.64. The molecule has 1 aliphatic heterocycles. The molecule has 18 heavy (non-hydrogen) atoms. The monoisotopic (exact) mass is 255 g/mol. The molecule has 6 heteroatoms. The first kappa shape index (κ1) is 12.7. The molecule has 2 heterocycles. The summed E-state index contributed by atoms with van der Waals surface area (Å²) in [6, 6.07) is 5.09. The zero-order valence-corrected chi connectivity index (χ0v) is 9.61. The molecular formula is C12H12F3N3. The van der Waals surface area contributed by atoms with Gasteiger partial charge in [-0.05, 0) is 25.0 Å². The van der Waals surface area contributed by atoms with Crippen LogP contribution in [0, 0.1) is 17.2 Å². The van der Waals surface area contributed by atoms with Crippen molar-refractivity contribution >= 4 is 5.82 Å². The predicted octanol–water partition coefficient (Wildman–Crippen LogP) is 2.73. The number of aromatic nitrogens is 1. The van der Waals surface area contributed by atoms with Crippen molar-refractivity contribution < 1.29 is 13.2 Å². The van der Waals surface area contributed by atoms with Crippen molar-refractivity contribution in [1.82, 2.24) is 4.98 Å². The number of anilines is 1. The second-order valence-electron chi connectivity index (χ2n) is 4.34. The second-order valence-corrected chi connectivity index (χ2v) is 4.34. The Balaban J connectivity index is 2.11. The molecule has 1 aliphatic rings. The van der Waals surface area contributed by atoms with Crippen LogP contribution in [0.25, 0.3) is 0 Å². The third-order valence-electron chi connectivity index (χ3n) is 3.09. The van der Waals surface area contributed by atoms with Crippen LogP contribution in [0.5, 0.6) is 0 Å². The number of piperidine rings is 1. The van der Waals surface area contributed by atoms with Crippen molar-refractivity contribution in [3.8, 4) is 6.07 Å². The quantitative estimate of drug-likeness (QED) is 0.774. The molecule has 1 aromatic heterocycles. The van der Waals surface area contributed by atoms with E-state index in [4.69, 9.17) is 5.26 Å². The number of hydrogen-bond donors (Lipinski definition) is 0. The molecular weight excluding hydrogens is 243 g/mol. The Morgan fingerprint density at radius 1 is 1.39 bits per heavy atom. The molecule has 0 saturated carbocycles. The van der Waals surface area contributed by atoms with E-state index in [2.05, 4.69) is 4.98 Å². The molecule has 0 bridgehead atoms. The van der Waals surface area contributed by atoms with Gasteiger partial charge in [0.2, 0.25) is 0 Å². The number of alkyl halides is 3. The van der Waals surface area contributed by atoms with E-state index in [9.17, 15) is 13.2 Å².